The Morgan fingerprint density at radius 1 is 1.47 bits per heavy atom. The smallest absolute Gasteiger partial charge is 0.215 e. The topological polar surface area (TPSA) is 62.1 Å². The quantitative estimate of drug-likeness (QED) is 0.841. The third-order valence-corrected chi connectivity index (χ3v) is 2.58. The first-order valence-electron chi connectivity index (χ1n) is 6.04. The third-order valence-electron chi connectivity index (χ3n) is 2.58. The first kappa shape index (κ1) is 13.1. The molecule has 0 radical (unpaired) electrons. The number of amides is 1. The Kier molecular flexibility index (Phi) is 3.85. The van der Waals surface area contributed by atoms with Crippen LogP contribution < -0.4 is 4.74 Å². The number of aliphatic imine (C=N–C) groups is 1. The summed E-state index contributed by atoms with van der Waals surface area (Å²) in [5.41, 5.74) is 1.60. The second kappa shape index (κ2) is 5.56. The molecule has 0 atom stereocenters. The van der Waals surface area contributed by atoms with Gasteiger partial charge in [-0.2, -0.15) is 0 Å². The van der Waals surface area contributed by atoms with Crippen LogP contribution in [0.3, 0.4) is 0 Å². The van der Waals surface area contributed by atoms with Crippen molar-refractivity contribution in [2.45, 2.75) is 20.0 Å². The average Bonchev–Trinajstić information content (AvgIpc) is 2.41. The normalized spacial score (nSPS) is 14.5. The van der Waals surface area contributed by atoms with Crippen molar-refractivity contribution >= 4 is 12.1 Å². The zero-order valence-electron chi connectivity index (χ0n) is 10.9. The van der Waals surface area contributed by atoms with Gasteiger partial charge < -0.3 is 14.7 Å². The van der Waals surface area contributed by atoms with E-state index >= 15 is 0 Å². The van der Waals surface area contributed by atoms with E-state index in [4.69, 9.17) is 4.74 Å². The summed E-state index contributed by atoms with van der Waals surface area (Å²) in [4.78, 5) is 16.3. The molecule has 2 rings (SSSR count). The molecule has 0 fully saturated rings. The molecule has 0 saturated carbocycles. The summed E-state index contributed by atoms with van der Waals surface area (Å²) in [6.07, 6.45) is 4.13. The maximum Gasteiger partial charge on any atom is 0.215 e. The summed E-state index contributed by atoms with van der Waals surface area (Å²) in [6.45, 7) is 4.09. The molecule has 1 N–H and O–H groups in total. The maximum atomic E-state index is 10.6. The molecule has 1 heterocycles. The highest BCUT2D eigenvalue weighted by Gasteiger charge is 2.11. The summed E-state index contributed by atoms with van der Waals surface area (Å²) >= 11 is 0. The molecule has 0 bridgehead atoms. The molecule has 1 aliphatic heterocycles. The Labute approximate surface area is 111 Å². The Hall–Kier alpha value is -2.30. The van der Waals surface area contributed by atoms with E-state index in [2.05, 4.69) is 4.99 Å². The summed E-state index contributed by atoms with van der Waals surface area (Å²) in [5.74, 6) is 0.536. The molecule has 0 spiro atoms. The molecule has 5 nitrogen and oxygen atoms in total. The van der Waals surface area contributed by atoms with Crippen molar-refractivity contribution in [3.05, 3.63) is 36.0 Å². The average molecular weight is 260 g/mol. The molecule has 1 aromatic rings. The molecule has 19 heavy (non-hydrogen) atoms. The number of allylic oxidation sites excluding steroid dienone is 1. The number of nitrogens with zero attached hydrogens (tertiary/aromatic N) is 2. The molecule has 1 aromatic carbocycles. The van der Waals surface area contributed by atoms with Crippen molar-refractivity contribution in [1.29, 1.82) is 0 Å². The van der Waals surface area contributed by atoms with Crippen LogP contribution >= 0.6 is 0 Å². The Morgan fingerprint density at radius 2 is 2.26 bits per heavy atom. The van der Waals surface area contributed by atoms with Gasteiger partial charge in [-0.1, -0.05) is 0 Å². The second-order valence-electron chi connectivity index (χ2n) is 4.47. The predicted octanol–water partition coefficient (Wildman–Crippen LogP) is 1.91. The molecule has 0 saturated heterocycles. The van der Waals surface area contributed by atoms with Gasteiger partial charge in [-0.05, 0) is 38.1 Å². The van der Waals surface area contributed by atoms with Crippen molar-refractivity contribution in [3.8, 4) is 11.5 Å². The largest absolute Gasteiger partial charge is 0.504 e. The fraction of sp³-hybridized carbons (Fsp3) is 0.286. The number of carbonyl (C=O) groups is 1. The van der Waals surface area contributed by atoms with Gasteiger partial charge in [-0.15, -0.1) is 0 Å². The maximum absolute atomic E-state index is 10.6. The molecule has 1 aliphatic rings. The first-order valence-corrected chi connectivity index (χ1v) is 6.04. The highest BCUT2D eigenvalue weighted by molar-refractivity contribution is 6.09. The second-order valence-corrected chi connectivity index (χ2v) is 4.47. The molecular formula is C14H16N2O3. The van der Waals surface area contributed by atoms with Crippen LogP contribution in [-0.2, 0) is 4.79 Å². The first-order chi connectivity index (χ1) is 9.10. The lowest BCUT2D eigenvalue weighted by atomic mass is 10.1. The number of phenolic OH excluding ortho intramolecular Hbond substituents is 1. The number of phenols is 1. The Morgan fingerprint density at radius 3 is 2.84 bits per heavy atom. The monoisotopic (exact) mass is 260 g/mol. The number of hydrogen-bond acceptors (Lipinski definition) is 4. The Balaban J connectivity index is 2.24. The fourth-order valence-electron chi connectivity index (χ4n) is 1.70. The van der Waals surface area contributed by atoms with E-state index in [1.807, 2.05) is 13.8 Å². The molecule has 1 amide bonds. The minimum atomic E-state index is -0.0180. The van der Waals surface area contributed by atoms with Crippen molar-refractivity contribution in [2.75, 3.05) is 6.67 Å². The van der Waals surface area contributed by atoms with Gasteiger partial charge >= 0.3 is 0 Å². The molecule has 0 aromatic heterocycles. The van der Waals surface area contributed by atoms with E-state index in [1.165, 1.54) is 4.90 Å². The summed E-state index contributed by atoms with van der Waals surface area (Å²) in [5, 5.41) is 9.72. The molecule has 100 valence electrons. The van der Waals surface area contributed by atoms with Crippen molar-refractivity contribution < 1.29 is 14.6 Å². The van der Waals surface area contributed by atoms with Crippen LogP contribution in [0.4, 0.5) is 0 Å². The zero-order chi connectivity index (χ0) is 13.8. The van der Waals surface area contributed by atoms with E-state index in [9.17, 15) is 9.90 Å². The standard InChI is InChI=1S/C14H16N2O3/c1-10(2)19-14-7-11(3-4-13(14)18)12-5-6-16(9-17)8-15-12/h3-7,9-10,18H,8H2,1-2H3. The van der Waals surface area contributed by atoms with E-state index in [0.29, 0.717) is 12.4 Å². The van der Waals surface area contributed by atoms with Crippen LogP contribution in [-0.4, -0.2) is 34.9 Å². The van der Waals surface area contributed by atoms with Crippen LogP contribution in [0, 0.1) is 0 Å². The van der Waals surface area contributed by atoms with Gasteiger partial charge in [0.15, 0.2) is 11.5 Å². The van der Waals surface area contributed by atoms with Crippen LogP contribution in [0.25, 0.3) is 0 Å². The fourth-order valence-corrected chi connectivity index (χ4v) is 1.70. The minimum absolute atomic E-state index is 0.0180. The van der Waals surface area contributed by atoms with Crippen LogP contribution in [0.2, 0.25) is 0 Å². The zero-order valence-corrected chi connectivity index (χ0v) is 10.9. The number of benzene rings is 1. The van der Waals surface area contributed by atoms with Gasteiger partial charge in [0, 0.05) is 11.8 Å². The van der Waals surface area contributed by atoms with Gasteiger partial charge in [0.25, 0.3) is 0 Å². The van der Waals surface area contributed by atoms with E-state index in [-0.39, 0.29) is 11.9 Å². The highest BCUT2D eigenvalue weighted by Crippen LogP contribution is 2.28. The minimum Gasteiger partial charge on any atom is -0.504 e. The van der Waals surface area contributed by atoms with Gasteiger partial charge in [-0.25, -0.2) is 0 Å². The number of ether oxygens (including phenoxy) is 1. The van der Waals surface area contributed by atoms with Crippen LogP contribution in [0.5, 0.6) is 11.5 Å². The molecule has 5 heteroatoms. The summed E-state index contributed by atoms with van der Waals surface area (Å²) < 4.78 is 5.52. The molecular weight excluding hydrogens is 244 g/mol. The summed E-state index contributed by atoms with van der Waals surface area (Å²) in [7, 11) is 0. The highest BCUT2D eigenvalue weighted by atomic mass is 16.5. The van der Waals surface area contributed by atoms with E-state index in [0.717, 1.165) is 17.7 Å². The van der Waals surface area contributed by atoms with Gasteiger partial charge in [-0.3, -0.25) is 9.79 Å². The summed E-state index contributed by atoms with van der Waals surface area (Å²) in [6, 6.07) is 5.09. The molecule has 0 aliphatic carbocycles. The number of hydrogen-bond donors (Lipinski definition) is 1. The number of aromatic hydroxyl groups is 1. The van der Waals surface area contributed by atoms with Crippen molar-refractivity contribution in [2.24, 2.45) is 4.99 Å². The van der Waals surface area contributed by atoms with Crippen molar-refractivity contribution in [3.63, 3.8) is 0 Å². The van der Waals surface area contributed by atoms with Gasteiger partial charge in [0.2, 0.25) is 6.41 Å². The number of carbonyl (C=O) groups excluding carboxylic acids is 1. The third kappa shape index (κ3) is 3.13. The van der Waals surface area contributed by atoms with Crippen LogP contribution in [0.1, 0.15) is 19.4 Å². The SMILES string of the molecule is CC(C)Oc1cc(C2=NCN(C=O)C=C2)ccc1O. The van der Waals surface area contributed by atoms with Crippen molar-refractivity contribution in [1.82, 2.24) is 4.90 Å². The lowest BCUT2D eigenvalue weighted by molar-refractivity contribution is -0.115. The predicted molar refractivity (Wildman–Crippen MR) is 72.3 cm³/mol. The van der Waals surface area contributed by atoms with Gasteiger partial charge in [0.1, 0.15) is 6.67 Å². The van der Waals surface area contributed by atoms with E-state index in [1.54, 1.807) is 30.5 Å². The van der Waals surface area contributed by atoms with Crippen LogP contribution in [0.15, 0.2) is 35.5 Å². The Bertz CT molecular complexity index is 535. The molecule has 0 unspecified atom stereocenters. The lowest BCUT2D eigenvalue weighted by Crippen LogP contribution is -2.20. The lowest BCUT2D eigenvalue weighted by Gasteiger charge is -2.16. The number of rotatable bonds is 4. The van der Waals surface area contributed by atoms with E-state index < -0.39 is 0 Å². The van der Waals surface area contributed by atoms with Gasteiger partial charge in [0.05, 0.1) is 11.8 Å².